The lowest BCUT2D eigenvalue weighted by molar-refractivity contribution is -0.112. The van der Waals surface area contributed by atoms with E-state index < -0.39 is 0 Å². The van der Waals surface area contributed by atoms with Gasteiger partial charge in [0.2, 0.25) is 0 Å². The van der Waals surface area contributed by atoms with Crippen molar-refractivity contribution in [1.82, 2.24) is 4.98 Å². The van der Waals surface area contributed by atoms with Crippen LogP contribution in [-0.4, -0.2) is 10.9 Å². The lowest BCUT2D eigenvalue weighted by Crippen LogP contribution is -2.12. The molecule has 2 aromatic rings. The monoisotopic (exact) mass is 256 g/mol. The van der Waals surface area contributed by atoms with Gasteiger partial charge in [-0.05, 0) is 31.5 Å². The predicted octanol–water partition coefficient (Wildman–Crippen LogP) is 3.43. The average molecular weight is 256 g/mol. The second kappa shape index (κ2) is 4.38. The normalized spacial score (nSPS) is 13.9. The molecule has 0 unspecified atom stereocenters. The molecule has 0 saturated heterocycles. The molecule has 1 aliphatic carbocycles. The summed E-state index contributed by atoms with van der Waals surface area (Å²) in [4.78, 5) is 16.3. The van der Waals surface area contributed by atoms with E-state index in [9.17, 15) is 4.79 Å². The number of nitrogens with zero attached hydrogens (tertiary/aromatic N) is 1. The van der Waals surface area contributed by atoms with Crippen LogP contribution in [-0.2, 0) is 4.79 Å². The molecule has 0 saturated carbocycles. The Balaban J connectivity index is 1.86. The van der Waals surface area contributed by atoms with E-state index in [1.165, 1.54) is 0 Å². The average Bonchev–Trinajstić information content (AvgIpc) is 2.95. The van der Waals surface area contributed by atoms with Crippen molar-refractivity contribution < 1.29 is 4.79 Å². The molecule has 1 amide bonds. The standard InChI is InChI=1S/C14H12N2OS/c1-9-15-12-7-6-11(8-13(12)18-9)16-14(17)10-4-2-3-5-10/h2,4-8H,3H2,1H3,(H,16,17). The third-order valence-electron chi connectivity index (χ3n) is 2.79. The first-order valence-corrected chi connectivity index (χ1v) is 6.59. The third-order valence-corrected chi connectivity index (χ3v) is 3.72. The summed E-state index contributed by atoms with van der Waals surface area (Å²) in [6.07, 6.45) is 6.59. The minimum atomic E-state index is -0.0515. The summed E-state index contributed by atoms with van der Waals surface area (Å²) in [7, 11) is 0. The fourth-order valence-electron chi connectivity index (χ4n) is 1.95. The molecular weight excluding hydrogens is 244 g/mol. The van der Waals surface area contributed by atoms with Crippen LogP contribution in [0.25, 0.3) is 10.2 Å². The van der Waals surface area contributed by atoms with Gasteiger partial charge in [-0.25, -0.2) is 4.98 Å². The molecule has 0 radical (unpaired) electrons. The number of rotatable bonds is 2. The van der Waals surface area contributed by atoms with Crippen molar-refractivity contribution in [2.75, 3.05) is 5.32 Å². The van der Waals surface area contributed by atoms with Crippen LogP contribution >= 0.6 is 11.3 Å². The van der Waals surface area contributed by atoms with Gasteiger partial charge >= 0.3 is 0 Å². The number of hydrogen-bond donors (Lipinski definition) is 1. The zero-order valence-electron chi connectivity index (χ0n) is 9.93. The predicted molar refractivity (Wildman–Crippen MR) is 74.8 cm³/mol. The van der Waals surface area contributed by atoms with Crippen molar-refractivity contribution >= 4 is 33.1 Å². The molecule has 0 aliphatic heterocycles. The number of anilines is 1. The molecule has 18 heavy (non-hydrogen) atoms. The van der Waals surface area contributed by atoms with Crippen molar-refractivity contribution in [2.45, 2.75) is 13.3 Å². The summed E-state index contributed by atoms with van der Waals surface area (Å²) in [6, 6.07) is 5.79. The molecular formula is C14H12N2OS. The van der Waals surface area contributed by atoms with Gasteiger partial charge < -0.3 is 5.32 Å². The van der Waals surface area contributed by atoms with Gasteiger partial charge in [0, 0.05) is 11.3 Å². The first-order chi connectivity index (χ1) is 8.72. The Morgan fingerprint density at radius 1 is 1.44 bits per heavy atom. The maximum Gasteiger partial charge on any atom is 0.255 e. The molecule has 4 heteroatoms. The molecule has 0 atom stereocenters. The fraction of sp³-hybridized carbons (Fsp3) is 0.143. The zero-order valence-corrected chi connectivity index (χ0v) is 10.8. The Morgan fingerprint density at radius 2 is 2.33 bits per heavy atom. The van der Waals surface area contributed by atoms with E-state index in [1.807, 2.05) is 43.4 Å². The second-order valence-electron chi connectivity index (χ2n) is 4.17. The minimum absolute atomic E-state index is 0.0515. The molecule has 1 aliphatic rings. The van der Waals surface area contributed by atoms with E-state index in [2.05, 4.69) is 10.3 Å². The molecule has 1 heterocycles. The van der Waals surface area contributed by atoms with Gasteiger partial charge in [0.15, 0.2) is 0 Å². The van der Waals surface area contributed by atoms with Crippen LogP contribution in [0.5, 0.6) is 0 Å². The number of fused-ring (bicyclic) bond motifs is 1. The Morgan fingerprint density at radius 3 is 3.11 bits per heavy atom. The van der Waals surface area contributed by atoms with Crippen molar-refractivity contribution in [3.63, 3.8) is 0 Å². The maximum absolute atomic E-state index is 11.9. The quantitative estimate of drug-likeness (QED) is 0.894. The van der Waals surface area contributed by atoms with E-state index in [1.54, 1.807) is 11.3 Å². The number of carbonyl (C=O) groups is 1. The Bertz CT molecular complexity index is 682. The van der Waals surface area contributed by atoms with E-state index in [0.717, 1.165) is 32.9 Å². The first kappa shape index (κ1) is 11.2. The van der Waals surface area contributed by atoms with Crippen molar-refractivity contribution in [1.29, 1.82) is 0 Å². The molecule has 1 aromatic carbocycles. The first-order valence-electron chi connectivity index (χ1n) is 5.77. The lowest BCUT2D eigenvalue weighted by Gasteiger charge is -2.04. The van der Waals surface area contributed by atoms with Crippen LogP contribution in [0.3, 0.4) is 0 Å². The summed E-state index contributed by atoms with van der Waals surface area (Å²) in [5, 5.41) is 3.94. The second-order valence-corrected chi connectivity index (χ2v) is 5.40. The van der Waals surface area contributed by atoms with Gasteiger partial charge in [0.1, 0.15) is 0 Å². The van der Waals surface area contributed by atoms with Gasteiger partial charge in [-0.1, -0.05) is 18.2 Å². The summed E-state index contributed by atoms with van der Waals surface area (Å²) in [6.45, 7) is 1.98. The molecule has 0 bridgehead atoms. The van der Waals surface area contributed by atoms with E-state index in [0.29, 0.717) is 0 Å². The molecule has 1 aromatic heterocycles. The highest BCUT2D eigenvalue weighted by atomic mass is 32.1. The number of aryl methyl sites for hydroxylation is 1. The number of allylic oxidation sites excluding steroid dienone is 2. The van der Waals surface area contributed by atoms with Crippen LogP contribution in [0, 0.1) is 6.92 Å². The van der Waals surface area contributed by atoms with Crippen LogP contribution in [0.2, 0.25) is 0 Å². The number of thiazole rings is 1. The highest BCUT2D eigenvalue weighted by molar-refractivity contribution is 7.18. The SMILES string of the molecule is Cc1nc2ccc(NC(=O)C3=CCC=C3)cc2s1. The number of amides is 1. The number of hydrogen-bond acceptors (Lipinski definition) is 3. The topological polar surface area (TPSA) is 42.0 Å². The highest BCUT2D eigenvalue weighted by Crippen LogP contribution is 2.25. The van der Waals surface area contributed by atoms with Crippen LogP contribution in [0.4, 0.5) is 5.69 Å². The minimum Gasteiger partial charge on any atom is -0.322 e. The molecule has 3 rings (SSSR count). The fourth-order valence-corrected chi connectivity index (χ4v) is 2.81. The summed E-state index contributed by atoms with van der Waals surface area (Å²) >= 11 is 1.63. The van der Waals surface area contributed by atoms with Crippen molar-refractivity contribution in [3.8, 4) is 0 Å². The van der Waals surface area contributed by atoms with Crippen LogP contribution in [0.1, 0.15) is 11.4 Å². The van der Waals surface area contributed by atoms with Gasteiger partial charge in [-0.2, -0.15) is 0 Å². The van der Waals surface area contributed by atoms with Gasteiger partial charge in [0.05, 0.1) is 15.2 Å². The van der Waals surface area contributed by atoms with Crippen molar-refractivity contribution in [3.05, 3.63) is 47.0 Å². The number of benzene rings is 1. The number of nitrogens with one attached hydrogen (secondary N) is 1. The maximum atomic E-state index is 11.9. The van der Waals surface area contributed by atoms with Gasteiger partial charge in [-0.3, -0.25) is 4.79 Å². The van der Waals surface area contributed by atoms with E-state index in [4.69, 9.17) is 0 Å². The summed E-state index contributed by atoms with van der Waals surface area (Å²) in [5.41, 5.74) is 2.53. The zero-order chi connectivity index (χ0) is 12.5. The van der Waals surface area contributed by atoms with E-state index >= 15 is 0 Å². The van der Waals surface area contributed by atoms with Crippen LogP contribution < -0.4 is 5.32 Å². The Kier molecular flexibility index (Phi) is 2.72. The smallest absolute Gasteiger partial charge is 0.255 e. The number of aromatic nitrogens is 1. The largest absolute Gasteiger partial charge is 0.322 e. The number of carbonyl (C=O) groups excluding carboxylic acids is 1. The molecule has 90 valence electrons. The molecule has 3 nitrogen and oxygen atoms in total. The lowest BCUT2D eigenvalue weighted by atomic mass is 10.2. The third kappa shape index (κ3) is 2.07. The summed E-state index contributed by atoms with van der Waals surface area (Å²) < 4.78 is 1.10. The molecule has 1 N–H and O–H groups in total. The highest BCUT2D eigenvalue weighted by Gasteiger charge is 2.10. The van der Waals surface area contributed by atoms with Gasteiger partial charge in [-0.15, -0.1) is 11.3 Å². The Labute approximate surface area is 109 Å². The molecule has 0 fully saturated rings. The Hall–Kier alpha value is -1.94. The van der Waals surface area contributed by atoms with E-state index in [-0.39, 0.29) is 5.91 Å². The molecule has 0 spiro atoms. The summed E-state index contributed by atoms with van der Waals surface area (Å²) in [5.74, 6) is -0.0515. The van der Waals surface area contributed by atoms with Crippen LogP contribution in [0.15, 0.2) is 42.0 Å². The van der Waals surface area contributed by atoms with Gasteiger partial charge in [0.25, 0.3) is 5.91 Å². The van der Waals surface area contributed by atoms with Crippen molar-refractivity contribution in [2.24, 2.45) is 0 Å².